The van der Waals surface area contributed by atoms with Crippen molar-refractivity contribution in [2.24, 2.45) is 7.05 Å². The van der Waals surface area contributed by atoms with E-state index in [9.17, 15) is 13.2 Å². The van der Waals surface area contributed by atoms with Crippen molar-refractivity contribution in [2.75, 3.05) is 5.73 Å². The summed E-state index contributed by atoms with van der Waals surface area (Å²) in [5.74, 6) is 0.172. The first-order valence-corrected chi connectivity index (χ1v) is 7.05. The number of anilines is 1. The first-order valence-electron chi connectivity index (χ1n) is 6.23. The normalized spacial score (nSPS) is 12.1. The van der Waals surface area contributed by atoms with Gasteiger partial charge in [0.25, 0.3) is 0 Å². The van der Waals surface area contributed by atoms with E-state index in [1.165, 1.54) is 17.8 Å². The molecule has 0 spiro atoms. The zero-order chi connectivity index (χ0) is 15.8. The fourth-order valence-electron chi connectivity index (χ4n) is 1.80. The molecule has 0 unspecified atom stereocenters. The number of nitrogens with zero attached hydrogens (tertiary/aromatic N) is 3. The highest BCUT2D eigenvalue weighted by atomic mass is 32.2. The maximum Gasteiger partial charge on any atom is 0.417 e. The molecule has 0 aliphatic rings. The third-order valence-corrected chi connectivity index (χ3v) is 4.00. The molecule has 2 aromatic rings. The van der Waals surface area contributed by atoms with Crippen LogP contribution in [0.5, 0.6) is 0 Å². The summed E-state index contributed by atoms with van der Waals surface area (Å²) in [5, 5.41) is 5.44. The highest BCUT2D eigenvalue weighted by Gasteiger charge is 2.30. The van der Waals surface area contributed by atoms with Gasteiger partial charge in [-0.25, -0.2) is 4.98 Å². The number of hydrogen-bond acceptors (Lipinski definition) is 4. The van der Waals surface area contributed by atoms with Crippen LogP contribution in [0.4, 0.5) is 18.9 Å². The number of aromatic nitrogens is 3. The van der Waals surface area contributed by atoms with Crippen LogP contribution in [0.25, 0.3) is 0 Å². The lowest BCUT2D eigenvalue weighted by Crippen LogP contribution is -2.05. The zero-order valence-corrected chi connectivity index (χ0v) is 12.6. The van der Waals surface area contributed by atoms with Crippen LogP contribution in [0, 0.1) is 0 Å². The summed E-state index contributed by atoms with van der Waals surface area (Å²) in [6, 6.07) is 2.33. The van der Waals surface area contributed by atoms with E-state index in [2.05, 4.69) is 10.1 Å². The molecule has 0 radical (unpaired) electrons. The van der Waals surface area contributed by atoms with Gasteiger partial charge in [-0.2, -0.15) is 18.3 Å². The Labute approximate surface area is 124 Å². The van der Waals surface area contributed by atoms with Crippen LogP contribution in [0.15, 0.2) is 28.4 Å². The Morgan fingerprint density at radius 3 is 2.38 bits per heavy atom. The van der Waals surface area contributed by atoms with Gasteiger partial charge in [0, 0.05) is 13.2 Å². The van der Waals surface area contributed by atoms with E-state index in [0.29, 0.717) is 15.7 Å². The lowest BCUT2D eigenvalue weighted by atomic mass is 10.1. The lowest BCUT2D eigenvalue weighted by Gasteiger charge is -2.07. The van der Waals surface area contributed by atoms with Gasteiger partial charge in [0.15, 0.2) is 0 Å². The van der Waals surface area contributed by atoms with Crippen LogP contribution < -0.4 is 5.73 Å². The third-order valence-electron chi connectivity index (χ3n) is 2.87. The van der Waals surface area contributed by atoms with Crippen molar-refractivity contribution >= 4 is 17.4 Å². The Balaban J connectivity index is 2.27. The van der Waals surface area contributed by atoms with Crippen molar-refractivity contribution in [1.29, 1.82) is 0 Å². The lowest BCUT2D eigenvalue weighted by molar-refractivity contribution is -0.137. The molecular formula is C13H15F3N4S. The summed E-state index contributed by atoms with van der Waals surface area (Å²) in [6.45, 7) is 3.95. The Morgan fingerprint density at radius 1 is 1.29 bits per heavy atom. The summed E-state index contributed by atoms with van der Waals surface area (Å²) >= 11 is 1.20. The van der Waals surface area contributed by atoms with Crippen LogP contribution in [0.1, 0.15) is 31.0 Å². The molecule has 4 nitrogen and oxygen atoms in total. The third kappa shape index (κ3) is 3.31. The second kappa shape index (κ2) is 5.59. The Bertz CT molecular complexity index is 632. The first kappa shape index (κ1) is 15.7. The number of halogens is 3. The van der Waals surface area contributed by atoms with Crippen LogP contribution in [-0.2, 0) is 13.2 Å². The molecule has 0 aliphatic heterocycles. The number of pyridine rings is 1. The van der Waals surface area contributed by atoms with E-state index in [1.54, 1.807) is 11.7 Å². The number of rotatable bonds is 3. The average Bonchev–Trinajstić information content (AvgIpc) is 2.66. The Morgan fingerprint density at radius 2 is 1.95 bits per heavy atom. The summed E-state index contributed by atoms with van der Waals surface area (Å²) < 4.78 is 39.1. The predicted octanol–water partition coefficient (Wildman–Crippen LogP) is 3.69. The molecule has 2 heterocycles. The maximum atomic E-state index is 12.5. The second-order valence-corrected chi connectivity index (χ2v) is 5.88. The average molecular weight is 316 g/mol. The van der Waals surface area contributed by atoms with E-state index in [0.717, 1.165) is 18.0 Å². The second-order valence-electron chi connectivity index (χ2n) is 4.87. The minimum atomic E-state index is -4.38. The Kier molecular flexibility index (Phi) is 4.18. The van der Waals surface area contributed by atoms with Crippen LogP contribution in [0.3, 0.4) is 0 Å². The van der Waals surface area contributed by atoms with Gasteiger partial charge in [0.05, 0.1) is 16.9 Å². The quantitative estimate of drug-likeness (QED) is 0.938. The molecular weight excluding hydrogens is 301 g/mol. The molecule has 0 aromatic carbocycles. The number of nitrogens with two attached hydrogens (primary N) is 1. The number of nitrogen functional groups attached to an aromatic ring is 1. The summed E-state index contributed by atoms with van der Waals surface area (Å²) in [6.07, 6.45) is -3.56. The minimum absolute atomic E-state index is 0.172. The highest BCUT2D eigenvalue weighted by molar-refractivity contribution is 7.99. The van der Waals surface area contributed by atoms with Crippen molar-refractivity contribution in [3.63, 3.8) is 0 Å². The van der Waals surface area contributed by atoms with E-state index in [4.69, 9.17) is 5.73 Å². The zero-order valence-electron chi connectivity index (χ0n) is 11.8. The van der Waals surface area contributed by atoms with E-state index in [1.807, 2.05) is 13.8 Å². The fourth-order valence-corrected chi connectivity index (χ4v) is 2.63. The fraction of sp³-hybridized carbons (Fsp3) is 0.385. The van der Waals surface area contributed by atoms with Crippen LogP contribution in [-0.4, -0.2) is 14.8 Å². The molecule has 2 N–H and O–H groups in total. The molecule has 0 amide bonds. The molecule has 8 heteroatoms. The summed E-state index contributed by atoms with van der Waals surface area (Å²) in [5.41, 5.74) is 6.58. The van der Waals surface area contributed by atoms with Crippen molar-refractivity contribution in [2.45, 2.75) is 36.0 Å². The van der Waals surface area contributed by atoms with Gasteiger partial charge in [-0.15, -0.1) is 0 Å². The van der Waals surface area contributed by atoms with E-state index >= 15 is 0 Å². The van der Waals surface area contributed by atoms with Crippen LogP contribution >= 0.6 is 11.8 Å². The highest BCUT2D eigenvalue weighted by Crippen LogP contribution is 2.36. The molecule has 0 fully saturated rings. The molecule has 0 saturated heterocycles. The van der Waals surface area contributed by atoms with Crippen LogP contribution in [0.2, 0.25) is 0 Å². The molecule has 2 aromatic heterocycles. The summed E-state index contributed by atoms with van der Waals surface area (Å²) in [4.78, 5) is 3.82. The Hall–Kier alpha value is -1.70. The van der Waals surface area contributed by atoms with Gasteiger partial charge in [0.2, 0.25) is 0 Å². The topological polar surface area (TPSA) is 56.7 Å². The first-order chi connectivity index (χ1) is 9.70. The molecule has 0 atom stereocenters. The maximum absolute atomic E-state index is 12.5. The standard InChI is InChI=1S/C13H15F3N4S/c1-7(2)11-10(17)12(20(3)19-11)21-9-5-4-8(6-18-9)13(14,15)16/h4-7H,17H2,1-3H3. The van der Waals surface area contributed by atoms with Gasteiger partial charge in [-0.05, 0) is 29.8 Å². The van der Waals surface area contributed by atoms with E-state index < -0.39 is 11.7 Å². The van der Waals surface area contributed by atoms with Gasteiger partial charge < -0.3 is 5.73 Å². The molecule has 114 valence electrons. The van der Waals surface area contributed by atoms with Gasteiger partial charge in [-0.3, -0.25) is 4.68 Å². The minimum Gasteiger partial charge on any atom is -0.395 e. The molecule has 0 bridgehead atoms. The largest absolute Gasteiger partial charge is 0.417 e. The van der Waals surface area contributed by atoms with Crippen molar-refractivity contribution < 1.29 is 13.2 Å². The van der Waals surface area contributed by atoms with Gasteiger partial charge in [0.1, 0.15) is 10.1 Å². The molecule has 21 heavy (non-hydrogen) atoms. The number of hydrogen-bond donors (Lipinski definition) is 1. The van der Waals surface area contributed by atoms with Crippen molar-refractivity contribution in [3.8, 4) is 0 Å². The van der Waals surface area contributed by atoms with E-state index in [-0.39, 0.29) is 5.92 Å². The summed E-state index contributed by atoms with van der Waals surface area (Å²) in [7, 11) is 1.74. The molecule has 0 saturated carbocycles. The molecule has 2 rings (SSSR count). The van der Waals surface area contributed by atoms with Crippen molar-refractivity contribution in [1.82, 2.24) is 14.8 Å². The van der Waals surface area contributed by atoms with Gasteiger partial charge >= 0.3 is 6.18 Å². The van der Waals surface area contributed by atoms with Crippen molar-refractivity contribution in [3.05, 3.63) is 29.6 Å². The molecule has 0 aliphatic carbocycles. The smallest absolute Gasteiger partial charge is 0.395 e. The van der Waals surface area contributed by atoms with Gasteiger partial charge in [-0.1, -0.05) is 13.8 Å². The predicted molar refractivity (Wildman–Crippen MR) is 75.1 cm³/mol. The SMILES string of the molecule is CC(C)c1nn(C)c(Sc2ccc(C(F)(F)F)cn2)c1N. The number of alkyl halides is 3. The monoisotopic (exact) mass is 316 g/mol. The number of aryl methyl sites for hydroxylation is 1.